The number of carbonyl (C=O) groups is 2. The first-order chi connectivity index (χ1) is 9.32. The summed E-state index contributed by atoms with van der Waals surface area (Å²) >= 11 is 0. The van der Waals surface area contributed by atoms with Crippen molar-refractivity contribution in [1.82, 2.24) is 0 Å². The number of carboxylic acids is 1. The molecule has 0 heterocycles. The molecule has 0 amide bonds. The van der Waals surface area contributed by atoms with Gasteiger partial charge in [-0.15, -0.1) is 0 Å². The van der Waals surface area contributed by atoms with Crippen molar-refractivity contribution in [3.8, 4) is 0 Å². The summed E-state index contributed by atoms with van der Waals surface area (Å²) in [5, 5.41) is 8.61. The van der Waals surface area contributed by atoms with Crippen molar-refractivity contribution in [2.75, 3.05) is 17.6 Å². The number of hydrogen-bond donors (Lipinski definition) is 2. The lowest BCUT2D eigenvalue weighted by Crippen LogP contribution is -2.19. The average molecular weight is 301 g/mol. The van der Waals surface area contributed by atoms with Crippen molar-refractivity contribution >= 4 is 27.6 Å². The van der Waals surface area contributed by atoms with Gasteiger partial charge in [0.05, 0.1) is 25.7 Å². The molecular weight excluding hydrogens is 286 g/mol. The first-order valence-corrected chi connectivity index (χ1v) is 7.35. The number of nitrogens with one attached hydrogen (secondary N) is 1. The summed E-state index contributed by atoms with van der Waals surface area (Å²) in [5.41, 5.74) is 0.874. The van der Waals surface area contributed by atoms with E-state index in [1.807, 2.05) is 0 Å². The van der Waals surface area contributed by atoms with Crippen LogP contribution in [0.3, 0.4) is 0 Å². The van der Waals surface area contributed by atoms with E-state index in [-0.39, 0.29) is 18.6 Å². The molecule has 1 aromatic rings. The summed E-state index contributed by atoms with van der Waals surface area (Å²) in [5.74, 6) is -1.94. The monoisotopic (exact) mass is 301 g/mol. The predicted octanol–water partition coefficient (Wildman–Crippen LogP) is 0.618. The van der Waals surface area contributed by atoms with Gasteiger partial charge in [0, 0.05) is 5.69 Å². The highest BCUT2D eigenvalue weighted by atomic mass is 32.2. The van der Waals surface area contributed by atoms with Crippen LogP contribution in [0, 0.1) is 0 Å². The largest absolute Gasteiger partial charge is 0.481 e. The van der Waals surface area contributed by atoms with E-state index < -0.39 is 22.0 Å². The fourth-order valence-corrected chi connectivity index (χ4v) is 2.45. The maximum Gasteiger partial charge on any atom is 0.307 e. The number of sulfonamides is 1. The normalized spacial score (nSPS) is 10.8. The Kier molecular flexibility index (Phi) is 5.51. The minimum atomic E-state index is -3.64. The van der Waals surface area contributed by atoms with E-state index in [0.717, 1.165) is 0 Å². The Balaban J connectivity index is 2.63. The fraction of sp³-hybridized carbons (Fsp3) is 0.333. The van der Waals surface area contributed by atoms with Crippen molar-refractivity contribution in [1.29, 1.82) is 0 Å². The van der Waals surface area contributed by atoms with Gasteiger partial charge in [-0.05, 0) is 17.7 Å². The SMILES string of the molecule is COC(=O)CCS(=O)(=O)Nc1ccc(CC(=O)O)cc1. The molecule has 0 unspecified atom stereocenters. The number of rotatable bonds is 7. The number of esters is 1. The van der Waals surface area contributed by atoms with Crippen LogP contribution in [-0.2, 0) is 30.8 Å². The van der Waals surface area contributed by atoms with E-state index in [2.05, 4.69) is 9.46 Å². The second-order valence-corrected chi connectivity index (χ2v) is 5.86. The molecule has 110 valence electrons. The number of benzene rings is 1. The molecule has 7 nitrogen and oxygen atoms in total. The standard InChI is InChI=1S/C12H15NO6S/c1-19-12(16)6-7-20(17,18)13-10-4-2-9(3-5-10)8-11(14)15/h2-5,13H,6-8H2,1H3,(H,14,15). The number of ether oxygens (including phenoxy) is 1. The third-order valence-electron chi connectivity index (χ3n) is 2.39. The molecule has 1 aromatic carbocycles. The Morgan fingerprint density at radius 1 is 1.25 bits per heavy atom. The highest BCUT2D eigenvalue weighted by molar-refractivity contribution is 7.92. The predicted molar refractivity (Wildman–Crippen MR) is 71.8 cm³/mol. The van der Waals surface area contributed by atoms with Crippen LogP contribution in [0.4, 0.5) is 5.69 Å². The van der Waals surface area contributed by atoms with Gasteiger partial charge >= 0.3 is 11.9 Å². The van der Waals surface area contributed by atoms with Crippen molar-refractivity contribution in [3.05, 3.63) is 29.8 Å². The minimum absolute atomic E-state index is 0.130. The molecule has 0 aromatic heterocycles. The molecule has 2 N–H and O–H groups in total. The van der Waals surface area contributed by atoms with E-state index in [9.17, 15) is 18.0 Å². The lowest BCUT2D eigenvalue weighted by Gasteiger charge is -2.08. The van der Waals surface area contributed by atoms with Gasteiger partial charge in [0.1, 0.15) is 0 Å². The van der Waals surface area contributed by atoms with Crippen LogP contribution >= 0.6 is 0 Å². The summed E-state index contributed by atoms with van der Waals surface area (Å²) in [7, 11) is -2.46. The summed E-state index contributed by atoms with van der Waals surface area (Å²) in [6.45, 7) is 0. The van der Waals surface area contributed by atoms with Gasteiger partial charge in [-0.1, -0.05) is 12.1 Å². The molecule has 0 aliphatic rings. The van der Waals surface area contributed by atoms with E-state index in [0.29, 0.717) is 11.3 Å². The van der Waals surface area contributed by atoms with Gasteiger partial charge in [0.15, 0.2) is 0 Å². The van der Waals surface area contributed by atoms with Crippen LogP contribution in [0.5, 0.6) is 0 Å². The third kappa shape index (κ3) is 5.70. The Bertz CT molecular complexity index is 578. The molecule has 8 heteroatoms. The Morgan fingerprint density at radius 3 is 2.35 bits per heavy atom. The van der Waals surface area contributed by atoms with Gasteiger partial charge in [-0.25, -0.2) is 8.42 Å². The van der Waals surface area contributed by atoms with Crippen LogP contribution in [0.15, 0.2) is 24.3 Å². The molecule has 0 aliphatic carbocycles. The molecular formula is C12H15NO6S. The molecule has 0 atom stereocenters. The Labute approximate surface area is 116 Å². The summed E-state index contributed by atoms with van der Waals surface area (Å²) in [6, 6.07) is 5.97. The molecule has 0 fully saturated rings. The Morgan fingerprint density at radius 2 is 1.85 bits per heavy atom. The summed E-state index contributed by atoms with van der Waals surface area (Å²) in [6.07, 6.45) is -0.363. The average Bonchev–Trinajstić information content (AvgIpc) is 2.37. The zero-order chi connectivity index (χ0) is 15.2. The lowest BCUT2D eigenvalue weighted by atomic mass is 10.1. The van der Waals surface area contributed by atoms with Crippen molar-refractivity contribution in [2.24, 2.45) is 0 Å². The topological polar surface area (TPSA) is 110 Å². The number of aliphatic carboxylic acids is 1. The maximum absolute atomic E-state index is 11.7. The number of carboxylic acid groups (broad SMARTS) is 1. The zero-order valence-electron chi connectivity index (χ0n) is 10.8. The van der Waals surface area contributed by atoms with Gasteiger partial charge in [-0.3, -0.25) is 14.3 Å². The van der Waals surface area contributed by atoms with Crippen molar-refractivity contribution in [3.63, 3.8) is 0 Å². The second kappa shape index (κ2) is 6.90. The third-order valence-corrected chi connectivity index (χ3v) is 3.67. The van der Waals surface area contributed by atoms with E-state index in [4.69, 9.17) is 5.11 Å². The molecule has 0 aliphatic heterocycles. The van der Waals surface area contributed by atoms with Crippen LogP contribution in [0.25, 0.3) is 0 Å². The zero-order valence-corrected chi connectivity index (χ0v) is 11.6. The fourth-order valence-electron chi connectivity index (χ4n) is 1.42. The smallest absolute Gasteiger partial charge is 0.307 e. The van der Waals surface area contributed by atoms with Crippen LogP contribution < -0.4 is 4.72 Å². The van der Waals surface area contributed by atoms with E-state index in [1.54, 1.807) is 0 Å². The second-order valence-electron chi connectivity index (χ2n) is 4.01. The number of carbonyl (C=O) groups excluding carboxylic acids is 1. The number of hydrogen-bond acceptors (Lipinski definition) is 5. The minimum Gasteiger partial charge on any atom is -0.481 e. The highest BCUT2D eigenvalue weighted by Crippen LogP contribution is 2.12. The van der Waals surface area contributed by atoms with Crippen molar-refractivity contribution < 1.29 is 27.9 Å². The molecule has 0 saturated carbocycles. The van der Waals surface area contributed by atoms with E-state index in [1.165, 1.54) is 31.4 Å². The van der Waals surface area contributed by atoms with E-state index >= 15 is 0 Å². The first kappa shape index (κ1) is 16.0. The quantitative estimate of drug-likeness (QED) is 0.714. The Hall–Kier alpha value is -2.09. The number of methoxy groups -OCH3 is 1. The van der Waals surface area contributed by atoms with Crippen LogP contribution in [0.1, 0.15) is 12.0 Å². The van der Waals surface area contributed by atoms with Crippen LogP contribution in [-0.4, -0.2) is 38.3 Å². The molecule has 20 heavy (non-hydrogen) atoms. The van der Waals surface area contributed by atoms with Crippen LogP contribution in [0.2, 0.25) is 0 Å². The first-order valence-electron chi connectivity index (χ1n) is 5.70. The van der Waals surface area contributed by atoms with Gasteiger partial charge in [-0.2, -0.15) is 0 Å². The highest BCUT2D eigenvalue weighted by Gasteiger charge is 2.13. The summed E-state index contributed by atoms with van der Waals surface area (Å²) in [4.78, 5) is 21.4. The van der Waals surface area contributed by atoms with Gasteiger partial charge in [0.25, 0.3) is 0 Å². The number of anilines is 1. The molecule has 0 radical (unpaired) electrons. The van der Waals surface area contributed by atoms with Crippen molar-refractivity contribution in [2.45, 2.75) is 12.8 Å². The summed E-state index contributed by atoms with van der Waals surface area (Å²) < 4.78 is 30.0. The lowest BCUT2D eigenvalue weighted by molar-refractivity contribution is -0.140. The molecule has 0 bridgehead atoms. The molecule has 1 rings (SSSR count). The van der Waals surface area contributed by atoms with Gasteiger partial charge < -0.3 is 9.84 Å². The van der Waals surface area contributed by atoms with Gasteiger partial charge in [0.2, 0.25) is 10.0 Å². The molecule has 0 spiro atoms. The molecule has 0 saturated heterocycles. The maximum atomic E-state index is 11.7.